The Morgan fingerprint density at radius 2 is 2.00 bits per heavy atom. The topological polar surface area (TPSA) is 76.1 Å². The van der Waals surface area contributed by atoms with Crippen molar-refractivity contribution in [3.8, 4) is 0 Å². The second-order valence-electron chi connectivity index (χ2n) is 5.48. The zero-order chi connectivity index (χ0) is 17.8. The standard InChI is InChI=1S/C17H15FN2O3S2/c18-14-7-11(2-1-5-20-25(22)23)6-13(8-14)17(21)12-3-4-15-16(9-12)24-10-19-15/h3-4,6-10,25H,1-2,5H2,(H,20,22,23). The van der Waals surface area contributed by atoms with Gasteiger partial charge in [0.15, 0.2) is 5.78 Å². The van der Waals surface area contributed by atoms with Crippen molar-refractivity contribution in [3.05, 3.63) is 64.4 Å². The Morgan fingerprint density at radius 3 is 2.80 bits per heavy atom. The Balaban J connectivity index is 1.79. The van der Waals surface area contributed by atoms with E-state index >= 15 is 0 Å². The highest BCUT2D eigenvalue weighted by Gasteiger charge is 2.13. The predicted molar refractivity (Wildman–Crippen MR) is 96.1 cm³/mol. The fourth-order valence-electron chi connectivity index (χ4n) is 2.55. The summed E-state index contributed by atoms with van der Waals surface area (Å²) in [4.78, 5) is 16.8. The number of carbonyl (C=O) groups excluding carboxylic acids is 1. The lowest BCUT2D eigenvalue weighted by Gasteiger charge is -2.06. The molecule has 2 aromatic carbocycles. The summed E-state index contributed by atoms with van der Waals surface area (Å²) in [5, 5.41) is 0. The Labute approximate surface area is 149 Å². The minimum absolute atomic E-state index is 0.253. The maximum absolute atomic E-state index is 13.9. The number of thiazole rings is 1. The van der Waals surface area contributed by atoms with Crippen molar-refractivity contribution in [2.45, 2.75) is 12.8 Å². The van der Waals surface area contributed by atoms with Gasteiger partial charge in [0.05, 0.1) is 15.7 Å². The Kier molecular flexibility index (Phi) is 5.52. The molecule has 1 N–H and O–H groups in total. The second kappa shape index (κ2) is 7.81. The molecule has 0 aliphatic heterocycles. The number of aromatic nitrogens is 1. The molecule has 0 unspecified atom stereocenters. The summed E-state index contributed by atoms with van der Waals surface area (Å²) in [5.74, 6) is -0.737. The molecule has 0 amide bonds. The lowest BCUT2D eigenvalue weighted by molar-refractivity contribution is 0.103. The highest BCUT2D eigenvalue weighted by molar-refractivity contribution is 7.70. The average Bonchev–Trinajstić information content (AvgIpc) is 3.05. The van der Waals surface area contributed by atoms with Crippen LogP contribution in [0.25, 0.3) is 10.2 Å². The number of nitrogens with one attached hydrogen (secondary N) is 1. The predicted octanol–water partition coefficient (Wildman–Crippen LogP) is 2.72. The van der Waals surface area contributed by atoms with Crippen molar-refractivity contribution < 1.29 is 17.6 Å². The van der Waals surface area contributed by atoms with E-state index in [4.69, 9.17) is 0 Å². The van der Waals surface area contributed by atoms with Crippen molar-refractivity contribution in [2.75, 3.05) is 6.54 Å². The SMILES string of the molecule is O=C(c1cc(F)cc(CCCN[SH](=O)=O)c1)c1ccc2ncsc2c1. The normalized spacial score (nSPS) is 11.3. The van der Waals surface area contributed by atoms with E-state index in [1.165, 1.54) is 23.5 Å². The smallest absolute Gasteiger partial charge is 0.201 e. The summed E-state index contributed by atoms with van der Waals surface area (Å²) in [6.45, 7) is 0.278. The van der Waals surface area contributed by atoms with Crippen LogP contribution in [0.2, 0.25) is 0 Å². The van der Waals surface area contributed by atoms with Gasteiger partial charge in [0.25, 0.3) is 0 Å². The molecule has 25 heavy (non-hydrogen) atoms. The van der Waals surface area contributed by atoms with Gasteiger partial charge in [0.2, 0.25) is 10.9 Å². The molecule has 5 nitrogen and oxygen atoms in total. The average molecular weight is 378 g/mol. The number of thiol groups is 1. The minimum atomic E-state index is -2.63. The Morgan fingerprint density at radius 1 is 1.16 bits per heavy atom. The fourth-order valence-corrected chi connectivity index (χ4v) is 3.61. The van der Waals surface area contributed by atoms with Crippen LogP contribution < -0.4 is 4.72 Å². The first kappa shape index (κ1) is 17.7. The van der Waals surface area contributed by atoms with E-state index in [1.807, 2.05) is 0 Å². The van der Waals surface area contributed by atoms with Crippen molar-refractivity contribution in [2.24, 2.45) is 0 Å². The molecular formula is C17H15FN2O3S2. The van der Waals surface area contributed by atoms with Gasteiger partial charge in [0.1, 0.15) is 5.82 Å². The van der Waals surface area contributed by atoms with Crippen LogP contribution in [0.3, 0.4) is 0 Å². The van der Waals surface area contributed by atoms with Gasteiger partial charge in [-0.15, -0.1) is 11.3 Å². The Bertz CT molecular complexity index is 990. The number of rotatable bonds is 7. The molecule has 1 aromatic heterocycles. The maximum atomic E-state index is 13.9. The number of carbonyl (C=O) groups is 1. The molecule has 130 valence electrons. The second-order valence-corrected chi connectivity index (χ2v) is 7.20. The summed E-state index contributed by atoms with van der Waals surface area (Å²) in [5.41, 5.74) is 3.96. The van der Waals surface area contributed by atoms with E-state index < -0.39 is 16.7 Å². The van der Waals surface area contributed by atoms with Gasteiger partial charge in [-0.05, 0) is 54.8 Å². The molecule has 3 rings (SSSR count). The zero-order valence-corrected chi connectivity index (χ0v) is 14.8. The number of ketones is 1. The van der Waals surface area contributed by atoms with E-state index in [0.29, 0.717) is 24.0 Å². The third-order valence-electron chi connectivity index (χ3n) is 3.70. The number of aryl methyl sites for hydroxylation is 1. The third-order valence-corrected chi connectivity index (χ3v) is 4.97. The molecule has 0 aliphatic rings. The van der Waals surface area contributed by atoms with E-state index in [0.717, 1.165) is 10.2 Å². The van der Waals surface area contributed by atoms with Crippen LogP contribution in [0, 0.1) is 5.82 Å². The molecule has 0 saturated carbocycles. The highest BCUT2D eigenvalue weighted by atomic mass is 32.2. The summed E-state index contributed by atoms with van der Waals surface area (Å²) < 4.78 is 38.0. The van der Waals surface area contributed by atoms with Crippen LogP contribution in [0.15, 0.2) is 41.9 Å². The van der Waals surface area contributed by atoms with Crippen LogP contribution in [0.4, 0.5) is 4.39 Å². The largest absolute Gasteiger partial charge is 0.289 e. The number of benzene rings is 2. The van der Waals surface area contributed by atoms with Crippen LogP contribution >= 0.6 is 11.3 Å². The number of hydrogen-bond donors (Lipinski definition) is 2. The molecule has 0 saturated heterocycles. The van der Waals surface area contributed by atoms with E-state index in [-0.39, 0.29) is 17.9 Å². The quantitative estimate of drug-likeness (QED) is 0.377. The first-order valence-corrected chi connectivity index (χ1v) is 9.64. The number of hydrogen-bond acceptors (Lipinski definition) is 5. The zero-order valence-electron chi connectivity index (χ0n) is 13.1. The summed E-state index contributed by atoms with van der Waals surface area (Å²) >= 11 is 1.44. The molecule has 0 aliphatic carbocycles. The molecule has 0 atom stereocenters. The van der Waals surface area contributed by atoms with Crippen LogP contribution in [0.1, 0.15) is 27.9 Å². The number of fused-ring (bicyclic) bond motifs is 1. The van der Waals surface area contributed by atoms with Crippen molar-refractivity contribution in [1.29, 1.82) is 0 Å². The summed E-state index contributed by atoms with van der Waals surface area (Å²) in [6, 6.07) is 9.45. The third kappa shape index (κ3) is 4.47. The molecular weight excluding hydrogens is 363 g/mol. The lowest BCUT2D eigenvalue weighted by atomic mass is 9.99. The molecule has 0 spiro atoms. The van der Waals surface area contributed by atoms with Crippen molar-refractivity contribution in [3.63, 3.8) is 0 Å². The molecule has 3 aromatic rings. The molecule has 1 heterocycles. The van der Waals surface area contributed by atoms with Crippen molar-refractivity contribution in [1.82, 2.24) is 9.71 Å². The van der Waals surface area contributed by atoms with Gasteiger partial charge in [-0.3, -0.25) is 4.79 Å². The van der Waals surface area contributed by atoms with Crippen LogP contribution in [0.5, 0.6) is 0 Å². The molecule has 0 radical (unpaired) electrons. The summed E-state index contributed by atoms with van der Waals surface area (Å²) in [6.07, 6.45) is 0.995. The number of nitrogens with zero attached hydrogens (tertiary/aromatic N) is 1. The van der Waals surface area contributed by atoms with Crippen LogP contribution in [-0.2, 0) is 17.3 Å². The summed E-state index contributed by atoms with van der Waals surface area (Å²) in [7, 11) is -2.63. The van der Waals surface area contributed by atoms with E-state index in [1.54, 1.807) is 29.8 Å². The lowest BCUT2D eigenvalue weighted by Crippen LogP contribution is -2.13. The monoisotopic (exact) mass is 378 g/mol. The van der Waals surface area contributed by atoms with Crippen molar-refractivity contribution >= 4 is 38.2 Å². The van der Waals surface area contributed by atoms with Gasteiger partial charge < -0.3 is 0 Å². The van der Waals surface area contributed by atoms with E-state index in [9.17, 15) is 17.6 Å². The van der Waals surface area contributed by atoms with Gasteiger partial charge in [-0.25, -0.2) is 22.5 Å². The first-order chi connectivity index (χ1) is 12.0. The van der Waals surface area contributed by atoms with Gasteiger partial charge in [-0.2, -0.15) is 0 Å². The van der Waals surface area contributed by atoms with Gasteiger partial charge >= 0.3 is 0 Å². The van der Waals surface area contributed by atoms with Gasteiger partial charge in [-0.1, -0.05) is 0 Å². The molecule has 0 bridgehead atoms. The maximum Gasteiger partial charge on any atom is 0.201 e. The Hall–Kier alpha value is -2.16. The first-order valence-electron chi connectivity index (χ1n) is 7.58. The minimum Gasteiger partial charge on any atom is -0.289 e. The molecule has 8 heteroatoms. The van der Waals surface area contributed by atoms with Crippen LogP contribution in [-0.4, -0.2) is 25.7 Å². The fraction of sp³-hybridized carbons (Fsp3) is 0.176. The highest BCUT2D eigenvalue weighted by Crippen LogP contribution is 2.22. The number of halogens is 1. The molecule has 0 fully saturated rings. The van der Waals surface area contributed by atoms with E-state index in [2.05, 4.69) is 9.71 Å². The van der Waals surface area contributed by atoms with Gasteiger partial charge in [0, 0.05) is 17.7 Å².